The molecule has 2 heterocycles. The molecule has 6 heteroatoms. The Morgan fingerprint density at radius 1 is 1.21 bits per heavy atom. The van der Waals surface area contributed by atoms with Crippen molar-refractivity contribution in [3.05, 3.63) is 41.7 Å². The Labute approximate surface area is 106 Å². The fourth-order valence-corrected chi connectivity index (χ4v) is 1.91. The summed E-state index contributed by atoms with van der Waals surface area (Å²) in [5.41, 5.74) is 0.973. The number of aromatic nitrogens is 2. The highest BCUT2D eigenvalue weighted by molar-refractivity contribution is 5.79. The second kappa shape index (κ2) is 3.88. The summed E-state index contributed by atoms with van der Waals surface area (Å²) in [6, 6.07) is 5.17. The van der Waals surface area contributed by atoms with Crippen LogP contribution in [0.4, 0.5) is 13.2 Å². The maximum absolute atomic E-state index is 12.6. The van der Waals surface area contributed by atoms with Crippen LogP contribution in [0.25, 0.3) is 22.6 Å². The fourth-order valence-electron chi connectivity index (χ4n) is 1.91. The largest absolute Gasteiger partial charge is 0.461 e. The smallest absolute Gasteiger partial charge is 0.416 e. The number of benzene rings is 1. The van der Waals surface area contributed by atoms with E-state index in [1.807, 2.05) is 6.92 Å². The van der Waals surface area contributed by atoms with Gasteiger partial charge in [-0.05, 0) is 36.8 Å². The first-order valence-corrected chi connectivity index (χ1v) is 5.56. The molecule has 1 aromatic carbocycles. The molecule has 0 aliphatic heterocycles. The zero-order valence-corrected chi connectivity index (χ0v) is 9.88. The minimum absolute atomic E-state index is 0.334. The molecule has 3 rings (SSSR count). The molecule has 19 heavy (non-hydrogen) atoms. The highest BCUT2D eigenvalue weighted by atomic mass is 19.4. The van der Waals surface area contributed by atoms with E-state index in [4.69, 9.17) is 4.42 Å². The number of aromatic amines is 1. The fraction of sp³-hybridized carbons (Fsp3) is 0.154. The third-order valence-corrected chi connectivity index (χ3v) is 2.89. The van der Waals surface area contributed by atoms with Crippen LogP contribution >= 0.6 is 0 Å². The molecule has 0 saturated carbocycles. The van der Waals surface area contributed by atoms with E-state index in [0.717, 1.165) is 17.7 Å². The highest BCUT2D eigenvalue weighted by Crippen LogP contribution is 2.32. The molecular formula is C13H9F3N2O. The molecule has 1 N–H and O–H groups in total. The predicted octanol–water partition coefficient (Wildman–Crippen LogP) is 4.15. The number of hydrogen-bond acceptors (Lipinski definition) is 2. The summed E-state index contributed by atoms with van der Waals surface area (Å²) < 4.78 is 43.1. The predicted molar refractivity (Wildman–Crippen MR) is 63.5 cm³/mol. The van der Waals surface area contributed by atoms with Gasteiger partial charge in [0, 0.05) is 0 Å². The van der Waals surface area contributed by atoms with Gasteiger partial charge in [-0.3, -0.25) is 0 Å². The van der Waals surface area contributed by atoms with Gasteiger partial charge in [-0.1, -0.05) is 0 Å². The van der Waals surface area contributed by atoms with Crippen molar-refractivity contribution in [3.8, 4) is 11.6 Å². The Hall–Kier alpha value is -2.24. The van der Waals surface area contributed by atoms with E-state index in [9.17, 15) is 13.2 Å². The van der Waals surface area contributed by atoms with E-state index in [1.165, 1.54) is 12.3 Å². The van der Waals surface area contributed by atoms with Crippen LogP contribution in [-0.2, 0) is 6.18 Å². The number of hydrogen-bond donors (Lipinski definition) is 1. The Morgan fingerprint density at radius 3 is 2.63 bits per heavy atom. The average Bonchev–Trinajstić information content (AvgIpc) is 2.91. The van der Waals surface area contributed by atoms with Crippen molar-refractivity contribution in [3.63, 3.8) is 0 Å². The van der Waals surface area contributed by atoms with E-state index in [2.05, 4.69) is 9.97 Å². The van der Waals surface area contributed by atoms with Crippen molar-refractivity contribution in [2.45, 2.75) is 13.1 Å². The van der Waals surface area contributed by atoms with Crippen LogP contribution in [0.15, 0.2) is 34.9 Å². The van der Waals surface area contributed by atoms with Crippen molar-refractivity contribution < 1.29 is 17.6 Å². The molecular weight excluding hydrogens is 257 g/mol. The maximum Gasteiger partial charge on any atom is 0.416 e. The van der Waals surface area contributed by atoms with E-state index in [1.54, 1.807) is 6.07 Å². The highest BCUT2D eigenvalue weighted by Gasteiger charge is 2.30. The summed E-state index contributed by atoms with van der Waals surface area (Å²) >= 11 is 0. The van der Waals surface area contributed by atoms with E-state index in [-0.39, 0.29) is 0 Å². The minimum Gasteiger partial charge on any atom is -0.461 e. The molecule has 98 valence electrons. The second-order valence-electron chi connectivity index (χ2n) is 4.25. The van der Waals surface area contributed by atoms with Crippen molar-refractivity contribution in [1.29, 1.82) is 0 Å². The number of nitrogens with zero attached hydrogens (tertiary/aromatic N) is 1. The molecule has 0 aliphatic rings. The molecule has 0 unspecified atom stereocenters. The van der Waals surface area contributed by atoms with Crippen molar-refractivity contribution in [2.75, 3.05) is 0 Å². The lowest BCUT2D eigenvalue weighted by Crippen LogP contribution is -2.04. The van der Waals surface area contributed by atoms with Gasteiger partial charge < -0.3 is 9.40 Å². The Balaban J connectivity index is 2.14. The number of fused-ring (bicyclic) bond motifs is 1. The number of rotatable bonds is 1. The van der Waals surface area contributed by atoms with Crippen LogP contribution in [0.1, 0.15) is 11.1 Å². The number of halogens is 3. The van der Waals surface area contributed by atoms with Crippen molar-refractivity contribution in [1.82, 2.24) is 9.97 Å². The van der Waals surface area contributed by atoms with Gasteiger partial charge in [-0.25, -0.2) is 4.98 Å². The first-order valence-electron chi connectivity index (χ1n) is 5.56. The molecule has 3 aromatic rings. The molecule has 0 aliphatic carbocycles. The van der Waals surface area contributed by atoms with Gasteiger partial charge in [0.2, 0.25) is 0 Å². The topological polar surface area (TPSA) is 41.8 Å². The minimum atomic E-state index is -4.36. The lowest BCUT2D eigenvalue weighted by Gasteiger charge is -2.05. The third kappa shape index (κ3) is 1.99. The third-order valence-electron chi connectivity index (χ3n) is 2.89. The van der Waals surface area contributed by atoms with Gasteiger partial charge in [-0.2, -0.15) is 13.2 Å². The van der Waals surface area contributed by atoms with E-state index in [0.29, 0.717) is 22.6 Å². The molecule has 2 aromatic heterocycles. The number of H-pyrrole nitrogens is 1. The lowest BCUT2D eigenvalue weighted by molar-refractivity contribution is -0.137. The molecule has 0 atom stereocenters. The van der Waals surface area contributed by atoms with Gasteiger partial charge in [0.25, 0.3) is 0 Å². The van der Waals surface area contributed by atoms with Crippen molar-refractivity contribution >= 4 is 11.0 Å². The van der Waals surface area contributed by atoms with Gasteiger partial charge in [-0.15, -0.1) is 0 Å². The first kappa shape index (κ1) is 11.8. The zero-order chi connectivity index (χ0) is 13.6. The standard InChI is InChI=1S/C13H9F3N2O/c1-7-4-5-19-11(7)12-17-9-3-2-8(13(14,15)16)6-10(9)18-12/h2-6H,1H3,(H,17,18). The van der Waals surface area contributed by atoms with Crippen LogP contribution < -0.4 is 0 Å². The number of alkyl halides is 3. The van der Waals surface area contributed by atoms with E-state index < -0.39 is 11.7 Å². The molecule has 0 saturated heterocycles. The van der Waals surface area contributed by atoms with E-state index >= 15 is 0 Å². The summed E-state index contributed by atoms with van der Waals surface area (Å²) in [5.74, 6) is 0.960. The molecule has 0 radical (unpaired) electrons. The van der Waals surface area contributed by atoms with Gasteiger partial charge in [0.05, 0.1) is 22.9 Å². The Bertz CT molecular complexity index is 740. The number of nitrogens with one attached hydrogen (secondary N) is 1. The number of imidazole rings is 1. The SMILES string of the molecule is Cc1ccoc1-c1nc2ccc(C(F)(F)F)cc2[nH]1. The van der Waals surface area contributed by atoms with Crippen LogP contribution in [-0.4, -0.2) is 9.97 Å². The van der Waals surface area contributed by atoms with Crippen LogP contribution in [0.5, 0.6) is 0 Å². The van der Waals surface area contributed by atoms with Gasteiger partial charge in [0.1, 0.15) is 0 Å². The summed E-state index contributed by atoms with van der Waals surface area (Å²) in [7, 11) is 0. The van der Waals surface area contributed by atoms with Gasteiger partial charge in [0.15, 0.2) is 11.6 Å². The molecule has 0 spiro atoms. The average molecular weight is 266 g/mol. The molecule has 3 nitrogen and oxygen atoms in total. The normalized spacial score (nSPS) is 12.2. The zero-order valence-electron chi connectivity index (χ0n) is 9.88. The second-order valence-corrected chi connectivity index (χ2v) is 4.25. The summed E-state index contributed by atoms with van der Waals surface area (Å²) in [6.45, 7) is 1.84. The number of furan rings is 1. The monoisotopic (exact) mass is 266 g/mol. The quantitative estimate of drug-likeness (QED) is 0.718. The maximum atomic E-state index is 12.6. The lowest BCUT2D eigenvalue weighted by atomic mass is 10.2. The first-order chi connectivity index (χ1) is 8.95. The van der Waals surface area contributed by atoms with Crippen LogP contribution in [0.2, 0.25) is 0 Å². The van der Waals surface area contributed by atoms with Gasteiger partial charge >= 0.3 is 6.18 Å². The number of aryl methyl sites for hydroxylation is 1. The van der Waals surface area contributed by atoms with Crippen LogP contribution in [0, 0.1) is 6.92 Å². The summed E-state index contributed by atoms with van der Waals surface area (Å²) in [4.78, 5) is 7.07. The van der Waals surface area contributed by atoms with Crippen molar-refractivity contribution in [2.24, 2.45) is 0 Å². The molecule has 0 fully saturated rings. The Morgan fingerprint density at radius 2 is 2.00 bits per heavy atom. The Kier molecular flexibility index (Phi) is 2.41. The summed E-state index contributed by atoms with van der Waals surface area (Å²) in [6.07, 6.45) is -2.85. The molecule has 0 bridgehead atoms. The summed E-state index contributed by atoms with van der Waals surface area (Å²) in [5, 5.41) is 0. The molecule has 0 amide bonds. The van der Waals surface area contributed by atoms with Crippen LogP contribution in [0.3, 0.4) is 0 Å².